The van der Waals surface area contributed by atoms with Crippen LogP contribution in [0.15, 0.2) is 60.7 Å². The number of benzene rings is 3. The second kappa shape index (κ2) is 11.2. The van der Waals surface area contributed by atoms with Crippen molar-refractivity contribution in [2.75, 3.05) is 38.7 Å². The summed E-state index contributed by atoms with van der Waals surface area (Å²) >= 11 is 0. The van der Waals surface area contributed by atoms with Gasteiger partial charge in [0, 0.05) is 29.9 Å². The van der Waals surface area contributed by atoms with Gasteiger partial charge in [-0.3, -0.25) is 9.59 Å². The molecule has 37 heavy (non-hydrogen) atoms. The molecule has 0 unspecified atom stereocenters. The maximum atomic E-state index is 13.8. The van der Waals surface area contributed by atoms with Gasteiger partial charge < -0.3 is 29.2 Å². The number of amides is 2. The van der Waals surface area contributed by atoms with Crippen LogP contribution in [0.1, 0.15) is 24.4 Å². The molecule has 1 heterocycles. The molecule has 8 nitrogen and oxygen atoms in total. The maximum Gasteiger partial charge on any atom is 0.229 e. The summed E-state index contributed by atoms with van der Waals surface area (Å²) < 4.78 is 35.2. The Bertz CT molecular complexity index is 1240. The first-order valence-electron chi connectivity index (χ1n) is 11.7. The fraction of sp³-hybridized carbons (Fsp3) is 0.286. The van der Waals surface area contributed by atoms with Gasteiger partial charge in [0.1, 0.15) is 11.6 Å². The van der Waals surface area contributed by atoms with Crippen molar-refractivity contribution in [3.05, 3.63) is 72.0 Å². The summed E-state index contributed by atoms with van der Waals surface area (Å²) in [5.41, 5.74) is 1.71. The number of nitrogens with zero attached hydrogens (tertiary/aromatic N) is 1. The van der Waals surface area contributed by atoms with Gasteiger partial charge in [-0.2, -0.15) is 0 Å². The first kappa shape index (κ1) is 25.8. The summed E-state index contributed by atoms with van der Waals surface area (Å²) in [6, 6.07) is 15.5. The van der Waals surface area contributed by atoms with Gasteiger partial charge >= 0.3 is 0 Å². The molecule has 1 aliphatic heterocycles. The highest BCUT2D eigenvalue weighted by Crippen LogP contribution is 2.43. The summed E-state index contributed by atoms with van der Waals surface area (Å²) in [4.78, 5) is 28.5. The zero-order chi connectivity index (χ0) is 26.5. The van der Waals surface area contributed by atoms with Crippen LogP contribution in [0.25, 0.3) is 0 Å². The topological polar surface area (TPSA) is 86.3 Å². The number of piperidine rings is 1. The average molecular weight is 509 g/mol. The van der Waals surface area contributed by atoms with Gasteiger partial charge in [-0.25, -0.2) is 4.39 Å². The van der Waals surface area contributed by atoms with Gasteiger partial charge in [0.2, 0.25) is 17.6 Å². The zero-order valence-electron chi connectivity index (χ0n) is 21.1. The Morgan fingerprint density at radius 2 is 1.51 bits per heavy atom. The molecular weight excluding hydrogens is 479 g/mol. The smallest absolute Gasteiger partial charge is 0.229 e. The third-order valence-corrected chi connectivity index (χ3v) is 6.43. The van der Waals surface area contributed by atoms with Crippen LogP contribution in [-0.4, -0.2) is 40.3 Å². The van der Waals surface area contributed by atoms with E-state index in [1.807, 2.05) is 0 Å². The van der Waals surface area contributed by atoms with Gasteiger partial charge in [0.25, 0.3) is 0 Å². The number of hydrogen-bond acceptors (Lipinski definition) is 6. The predicted molar refractivity (Wildman–Crippen MR) is 137 cm³/mol. The standard InChI is InChI=1S/C28H29FN2O6/c1-34-21-11-9-20(10-12-21)31-25(32)14-13-22(26(31)17-5-7-18(29)8-6-17)28(33)30-19-15-23(35-2)27(37-4)24(16-19)36-3/h5-12,15-16,22,26H,13-14H2,1-4H3,(H,30,33)/t22-,26-/m0/s1. The van der Waals surface area contributed by atoms with Gasteiger partial charge in [0.05, 0.1) is 40.4 Å². The highest BCUT2D eigenvalue weighted by Gasteiger charge is 2.41. The van der Waals surface area contributed by atoms with Crippen molar-refractivity contribution in [3.63, 3.8) is 0 Å². The van der Waals surface area contributed by atoms with Crippen molar-refractivity contribution in [2.24, 2.45) is 5.92 Å². The number of anilines is 2. The molecule has 1 aliphatic rings. The summed E-state index contributed by atoms with van der Waals surface area (Å²) in [5.74, 6) is 0.386. The van der Waals surface area contributed by atoms with Crippen LogP contribution in [0.4, 0.5) is 15.8 Å². The quantitative estimate of drug-likeness (QED) is 0.462. The van der Waals surface area contributed by atoms with Gasteiger partial charge in [-0.05, 0) is 48.4 Å². The van der Waals surface area contributed by atoms with Gasteiger partial charge in [-0.15, -0.1) is 0 Å². The molecule has 9 heteroatoms. The molecule has 1 saturated heterocycles. The van der Waals surface area contributed by atoms with E-state index in [4.69, 9.17) is 18.9 Å². The molecule has 3 aromatic rings. The number of carbonyl (C=O) groups excluding carboxylic acids is 2. The largest absolute Gasteiger partial charge is 0.497 e. The Balaban J connectivity index is 1.73. The normalized spacial score (nSPS) is 17.2. The molecule has 0 saturated carbocycles. The summed E-state index contributed by atoms with van der Waals surface area (Å²) in [6.07, 6.45) is 0.501. The van der Waals surface area contributed by atoms with E-state index in [-0.39, 0.29) is 18.2 Å². The average Bonchev–Trinajstić information content (AvgIpc) is 2.92. The fourth-order valence-corrected chi connectivity index (χ4v) is 4.64. The molecule has 2 amide bonds. The van der Waals surface area contributed by atoms with Crippen molar-refractivity contribution in [3.8, 4) is 23.0 Å². The van der Waals surface area contributed by atoms with Crippen LogP contribution in [0.2, 0.25) is 0 Å². The van der Waals surface area contributed by atoms with Crippen LogP contribution in [0.5, 0.6) is 23.0 Å². The number of methoxy groups -OCH3 is 4. The Morgan fingerprint density at radius 3 is 2.05 bits per heavy atom. The van der Waals surface area contributed by atoms with E-state index in [1.54, 1.807) is 60.5 Å². The molecule has 0 radical (unpaired) electrons. The SMILES string of the molecule is COc1ccc(N2C(=O)CC[C@H](C(=O)Nc3cc(OC)c(OC)c(OC)c3)[C@@H]2c2ccc(F)cc2)cc1. The second-order valence-electron chi connectivity index (χ2n) is 8.51. The monoisotopic (exact) mass is 508 g/mol. The van der Waals surface area contributed by atoms with Crippen LogP contribution >= 0.6 is 0 Å². The van der Waals surface area contributed by atoms with Crippen molar-refractivity contribution in [2.45, 2.75) is 18.9 Å². The van der Waals surface area contributed by atoms with Gasteiger partial charge in [0.15, 0.2) is 11.5 Å². The van der Waals surface area contributed by atoms with Crippen LogP contribution in [-0.2, 0) is 9.59 Å². The minimum Gasteiger partial charge on any atom is -0.497 e. The van der Waals surface area contributed by atoms with Crippen molar-refractivity contribution in [1.82, 2.24) is 0 Å². The predicted octanol–water partition coefficient (Wildman–Crippen LogP) is 4.98. The minimum atomic E-state index is -0.655. The number of hydrogen-bond donors (Lipinski definition) is 1. The van der Waals surface area contributed by atoms with E-state index in [0.717, 1.165) is 0 Å². The third-order valence-electron chi connectivity index (χ3n) is 6.43. The summed E-state index contributed by atoms with van der Waals surface area (Å²) in [5, 5.41) is 2.94. The molecule has 194 valence electrons. The van der Waals surface area contributed by atoms with Crippen molar-refractivity contribution < 1.29 is 32.9 Å². The van der Waals surface area contributed by atoms with E-state index in [2.05, 4.69) is 5.32 Å². The first-order valence-corrected chi connectivity index (χ1v) is 11.7. The Hall–Kier alpha value is -4.27. The van der Waals surface area contributed by atoms with Crippen LogP contribution < -0.4 is 29.2 Å². The molecule has 3 aromatic carbocycles. The van der Waals surface area contributed by atoms with Crippen molar-refractivity contribution >= 4 is 23.2 Å². The Labute approximate surface area is 214 Å². The van der Waals surface area contributed by atoms with E-state index < -0.39 is 17.8 Å². The molecule has 0 aromatic heterocycles. The number of carbonyl (C=O) groups is 2. The lowest BCUT2D eigenvalue weighted by Crippen LogP contribution is -2.47. The van der Waals surface area contributed by atoms with E-state index >= 15 is 0 Å². The molecule has 0 spiro atoms. The van der Waals surface area contributed by atoms with Crippen LogP contribution in [0, 0.1) is 11.7 Å². The summed E-state index contributed by atoms with van der Waals surface area (Å²) in [7, 11) is 6.05. The van der Waals surface area contributed by atoms with E-state index in [1.165, 1.54) is 33.5 Å². The Kier molecular flexibility index (Phi) is 7.81. The molecule has 4 rings (SSSR count). The molecule has 1 fully saturated rings. The lowest BCUT2D eigenvalue weighted by atomic mass is 9.83. The van der Waals surface area contributed by atoms with Crippen LogP contribution in [0.3, 0.4) is 0 Å². The highest BCUT2D eigenvalue weighted by molar-refractivity contribution is 6.00. The Morgan fingerprint density at radius 1 is 0.892 bits per heavy atom. The van der Waals surface area contributed by atoms with E-state index in [9.17, 15) is 14.0 Å². The zero-order valence-corrected chi connectivity index (χ0v) is 21.1. The molecule has 2 atom stereocenters. The molecule has 1 N–H and O–H groups in total. The maximum absolute atomic E-state index is 13.8. The molecule has 0 bridgehead atoms. The molecular formula is C28H29FN2O6. The van der Waals surface area contributed by atoms with Gasteiger partial charge in [-0.1, -0.05) is 12.1 Å². The molecule has 0 aliphatic carbocycles. The van der Waals surface area contributed by atoms with E-state index in [0.29, 0.717) is 46.4 Å². The van der Waals surface area contributed by atoms with Crippen molar-refractivity contribution in [1.29, 1.82) is 0 Å². The highest BCUT2D eigenvalue weighted by atomic mass is 19.1. The fourth-order valence-electron chi connectivity index (χ4n) is 4.64. The summed E-state index contributed by atoms with van der Waals surface area (Å²) in [6.45, 7) is 0. The number of ether oxygens (including phenoxy) is 4. The lowest BCUT2D eigenvalue weighted by molar-refractivity contribution is -0.125. The number of nitrogens with one attached hydrogen (secondary N) is 1. The third kappa shape index (κ3) is 5.30. The first-order chi connectivity index (χ1) is 17.9. The minimum absolute atomic E-state index is 0.128. The number of rotatable bonds is 8. The second-order valence-corrected chi connectivity index (χ2v) is 8.51. The number of halogens is 1. The lowest BCUT2D eigenvalue weighted by Gasteiger charge is -2.41.